The molecule has 0 bridgehead atoms. The molecule has 1 unspecified atom stereocenters. The van der Waals surface area contributed by atoms with Gasteiger partial charge in [-0.15, -0.1) is 0 Å². The molecule has 0 spiro atoms. The lowest BCUT2D eigenvalue weighted by Gasteiger charge is -2.28. The number of ether oxygens (including phenoxy) is 1. The second-order valence-corrected chi connectivity index (χ2v) is 3.37. The number of aliphatic hydroxyl groups is 1. The van der Waals surface area contributed by atoms with Crippen molar-refractivity contribution in [3.8, 4) is 0 Å². The predicted octanol–water partition coefficient (Wildman–Crippen LogP) is 1.16. The van der Waals surface area contributed by atoms with Gasteiger partial charge in [-0.1, -0.05) is 20.4 Å². The van der Waals surface area contributed by atoms with Gasteiger partial charge in [0.2, 0.25) is 0 Å². The number of carbonyl (C=O) groups is 1. The van der Waals surface area contributed by atoms with Crippen LogP contribution in [0, 0.1) is 0 Å². The zero-order valence-electron chi connectivity index (χ0n) is 9.82. The van der Waals surface area contributed by atoms with Crippen LogP contribution in [0.15, 0.2) is 12.2 Å². The highest BCUT2D eigenvalue weighted by atomic mass is 16.6. The van der Waals surface area contributed by atoms with Crippen molar-refractivity contribution < 1.29 is 14.6 Å². The Hall–Kier alpha value is -0.870. The Labute approximate surface area is 91.5 Å². The maximum absolute atomic E-state index is 11.3. The smallest absolute Gasteiger partial charge is 0.334 e. The molecule has 88 valence electrons. The minimum atomic E-state index is -0.402. The highest BCUT2D eigenvalue weighted by Gasteiger charge is 2.19. The molecular formula is C11H21NO3. The molecule has 1 atom stereocenters. The van der Waals surface area contributed by atoms with E-state index in [1.807, 2.05) is 18.7 Å². The van der Waals surface area contributed by atoms with Crippen LogP contribution in [0.1, 0.15) is 27.2 Å². The second kappa shape index (κ2) is 7.43. The van der Waals surface area contributed by atoms with Crippen LogP contribution < -0.4 is 0 Å². The van der Waals surface area contributed by atoms with E-state index in [-0.39, 0.29) is 12.8 Å². The predicted molar refractivity (Wildman–Crippen MR) is 59.3 cm³/mol. The maximum Gasteiger partial charge on any atom is 0.334 e. The Kier molecular flexibility index (Phi) is 6.99. The lowest BCUT2D eigenvalue weighted by Crippen LogP contribution is -2.39. The first-order chi connectivity index (χ1) is 7.06. The molecule has 0 aromatic heterocycles. The zero-order chi connectivity index (χ0) is 11.8. The molecule has 4 heteroatoms. The van der Waals surface area contributed by atoms with Crippen molar-refractivity contribution in [3.05, 3.63) is 12.2 Å². The summed E-state index contributed by atoms with van der Waals surface area (Å²) in [6.45, 7) is 10.7. The first-order valence-electron chi connectivity index (χ1n) is 5.28. The van der Waals surface area contributed by atoms with Gasteiger partial charge in [0.15, 0.2) is 6.23 Å². The molecule has 15 heavy (non-hydrogen) atoms. The number of hydrogen-bond acceptors (Lipinski definition) is 4. The summed E-state index contributed by atoms with van der Waals surface area (Å²) in [5.41, 5.74) is 0.380. The third-order valence-electron chi connectivity index (χ3n) is 2.19. The molecule has 0 fully saturated rings. The van der Waals surface area contributed by atoms with Crippen molar-refractivity contribution >= 4 is 5.97 Å². The van der Waals surface area contributed by atoms with E-state index in [2.05, 4.69) is 6.58 Å². The molecule has 0 aromatic rings. The van der Waals surface area contributed by atoms with Crippen molar-refractivity contribution in [1.82, 2.24) is 4.90 Å². The highest BCUT2D eigenvalue weighted by molar-refractivity contribution is 5.87. The van der Waals surface area contributed by atoms with Crippen molar-refractivity contribution in [2.75, 3.05) is 19.7 Å². The third-order valence-corrected chi connectivity index (χ3v) is 2.19. The first-order valence-corrected chi connectivity index (χ1v) is 5.28. The van der Waals surface area contributed by atoms with Crippen molar-refractivity contribution in [2.24, 2.45) is 0 Å². The Balaban J connectivity index is 4.37. The third kappa shape index (κ3) is 4.95. The zero-order valence-corrected chi connectivity index (χ0v) is 9.82. The molecule has 0 saturated heterocycles. The maximum atomic E-state index is 11.3. The fraction of sp³-hybridized carbons (Fsp3) is 0.727. The normalized spacial score (nSPS) is 12.6. The van der Waals surface area contributed by atoms with E-state index in [4.69, 9.17) is 9.84 Å². The summed E-state index contributed by atoms with van der Waals surface area (Å²) in [5.74, 6) is -0.402. The SMILES string of the molecule is C=C(C)C(=O)OC(CCO)N(CC)CC. The van der Waals surface area contributed by atoms with Crippen molar-refractivity contribution in [2.45, 2.75) is 33.4 Å². The van der Waals surface area contributed by atoms with Gasteiger partial charge in [0.05, 0.1) is 0 Å². The van der Waals surface area contributed by atoms with Crippen molar-refractivity contribution in [3.63, 3.8) is 0 Å². The molecule has 0 heterocycles. The van der Waals surface area contributed by atoms with Crippen LogP contribution in [0.5, 0.6) is 0 Å². The molecule has 0 aliphatic heterocycles. The van der Waals surface area contributed by atoms with E-state index >= 15 is 0 Å². The quantitative estimate of drug-likeness (QED) is 0.393. The van der Waals surface area contributed by atoms with Gasteiger partial charge in [0.25, 0.3) is 0 Å². The Bertz CT molecular complexity index is 212. The summed E-state index contributed by atoms with van der Waals surface area (Å²) in [7, 11) is 0. The Morgan fingerprint density at radius 2 is 2.00 bits per heavy atom. The lowest BCUT2D eigenvalue weighted by atomic mass is 10.3. The molecule has 0 saturated carbocycles. The summed E-state index contributed by atoms with van der Waals surface area (Å²) >= 11 is 0. The molecule has 0 radical (unpaired) electrons. The van der Waals surface area contributed by atoms with Gasteiger partial charge in [-0.25, -0.2) is 4.79 Å². The number of hydrogen-bond donors (Lipinski definition) is 1. The summed E-state index contributed by atoms with van der Waals surface area (Å²) in [4.78, 5) is 13.3. The van der Waals surface area contributed by atoms with E-state index in [0.717, 1.165) is 13.1 Å². The fourth-order valence-electron chi connectivity index (χ4n) is 1.28. The van der Waals surface area contributed by atoms with Gasteiger partial charge >= 0.3 is 5.97 Å². The number of esters is 1. The van der Waals surface area contributed by atoms with Crippen LogP contribution in [0.3, 0.4) is 0 Å². The fourth-order valence-corrected chi connectivity index (χ4v) is 1.28. The van der Waals surface area contributed by atoms with Gasteiger partial charge in [0.1, 0.15) is 0 Å². The average molecular weight is 215 g/mol. The molecule has 0 aliphatic carbocycles. The summed E-state index contributed by atoms with van der Waals surface area (Å²) in [6, 6.07) is 0. The van der Waals surface area contributed by atoms with Gasteiger partial charge < -0.3 is 9.84 Å². The van der Waals surface area contributed by atoms with E-state index in [1.54, 1.807) is 6.92 Å². The van der Waals surface area contributed by atoms with Gasteiger partial charge in [0, 0.05) is 18.6 Å². The topological polar surface area (TPSA) is 49.8 Å². The number of nitrogens with zero attached hydrogens (tertiary/aromatic N) is 1. The summed E-state index contributed by atoms with van der Waals surface area (Å²) in [5, 5.41) is 8.89. The summed E-state index contributed by atoms with van der Waals surface area (Å²) in [6.07, 6.45) is 0.0787. The largest absolute Gasteiger partial charge is 0.443 e. The highest BCUT2D eigenvalue weighted by Crippen LogP contribution is 2.08. The summed E-state index contributed by atoms with van der Waals surface area (Å²) < 4.78 is 5.22. The minimum absolute atomic E-state index is 0.00460. The standard InChI is InChI=1S/C11H21NO3/c1-5-12(6-2)10(7-8-13)15-11(14)9(3)4/h10,13H,3,5-8H2,1-2,4H3. The molecule has 1 N–H and O–H groups in total. The molecular weight excluding hydrogens is 194 g/mol. The van der Waals surface area contributed by atoms with Gasteiger partial charge in [-0.2, -0.15) is 0 Å². The Morgan fingerprint density at radius 1 is 1.47 bits per heavy atom. The van der Waals surface area contributed by atoms with Crippen LogP contribution >= 0.6 is 0 Å². The minimum Gasteiger partial charge on any atom is -0.443 e. The van der Waals surface area contributed by atoms with Crippen molar-refractivity contribution in [1.29, 1.82) is 0 Å². The second-order valence-electron chi connectivity index (χ2n) is 3.37. The van der Waals surface area contributed by atoms with E-state index in [0.29, 0.717) is 12.0 Å². The van der Waals surface area contributed by atoms with E-state index in [1.165, 1.54) is 0 Å². The van der Waals surface area contributed by atoms with Gasteiger partial charge in [-0.3, -0.25) is 4.90 Å². The van der Waals surface area contributed by atoms with Crippen LogP contribution in [-0.4, -0.2) is 41.9 Å². The number of carbonyl (C=O) groups excluding carboxylic acids is 1. The molecule has 4 nitrogen and oxygen atoms in total. The van der Waals surface area contributed by atoms with Crippen LogP contribution in [0.4, 0.5) is 0 Å². The first kappa shape index (κ1) is 14.1. The monoisotopic (exact) mass is 215 g/mol. The number of rotatable bonds is 7. The lowest BCUT2D eigenvalue weighted by molar-refractivity contribution is -0.155. The molecule has 0 aliphatic rings. The molecule has 0 rings (SSSR count). The van der Waals surface area contributed by atoms with Crippen LogP contribution in [-0.2, 0) is 9.53 Å². The van der Waals surface area contributed by atoms with E-state index < -0.39 is 5.97 Å². The van der Waals surface area contributed by atoms with Gasteiger partial charge in [-0.05, 0) is 20.0 Å². The average Bonchev–Trinajstić information content (AvgIpc) is 2.19. The number of aliphatic hydroxyl groups excluding tert-OH is 1. The molecule has 0 amide bonds. The van der Waals surface area contributed by atoms with E-state index in [9.17, 15) is 4.79 Å². The Morgan fingerprint density at radius 3 is 2.33 bits per heavy atom. The molecule has 0 aromatic carbocycles. The van der Waals surface area contributed by atoms with Crippen LogP contribution in [0.2, 0.25) is 0 Å². The van der Waals surface area contributed by atoms with Crippen LogP contribution in [0.25, 0.3) is 0 Å².